The molecular weight excluding hydrogens is 262 g/mol. The molecule has 0 N–H and O–H groups in total. The zero-order valence-corrected chi connectivity index (χ0v) is 13.2. The average Bonchev–Trinajstić information content (AvgIpc) is 3.12. The van der Waals surface area contributed by atoms with E-state index >= 15 is 0 Å². The van der Waals surface area contributed by atoms with Crippen molar-refractivity contribution < 1.29 is 0 Å². The van der Waals surface area contributed by atoms with Gasteiger partial charge >= 0.3 is 0 Å². The summed E-state index contributed by atoms with van der Waals surface area (Å²) in [6.45, 7) is 1.26. The van der Waals surface area contributed by atoms with Gasteiger partial charge in [0, 0.05) is 11.2 Å². The molecule has 0 amide bonds. The van der Waals surface area contributed by atoms with Crippen LogP contribution in [0, 0.1) is 17.8 Å². The van der Waals surface area contributed by atoms with E-state index in [9.17, 15) is 0 Å². The Bertz CT molecular complexity index is 615. The maximum Gasteiger partial charge on any atom is 0.0377 e. The van der Waals surface area contributed by atoms with E-state index in [1.54, 1.807) is 10.3 Å². The Morgan fingerprint density at radius 1 is 1.15 bits per heavy atom. The monoisotopic (exact) mass is 285 g/mol. The lowest BCUT2D eigenvalue weighted by Crippen LogP contribution is -2.30. The van der Waals surface area contributed by atoms with Crippen LogP contribution in [0.1, 0.15) is 30.7 Å². The number of nitrogens with zero attached hydrogens (tertiary/aromatic N) is 1. The molecule has 4 atom stereocenters. The Hall–Kier alpha value is -0.860. The lowest BCUT2D eigenvalue weighted by molar-refractivity contribution is 0.220. The maximum absolute atomic E-state index is 2.41. The first kappa shape index (κ1) is 12.8. The standard InChI is InChI=1S/C18H23NS/c1-19(2)11-16-13-6-7-14(10-13)17(16)15-5-3-4-12-8-9-20-18(12)15/h3-5,8-9,13-14,16-17H,6-7,10-11H2,1-2H3. The Balaban J connectivity index is 1.77. The lowest BCUT2D eigenvalue weighted by Gasteiger charge is -2.33. The minimum Gasteiger partial charge on any atom is -0.309 e. The van der Waals surface area contributed by atoms with Gasteiger partial charge in [0.05, 0.1) is 0 Å². The molecule has 4 unspecified atom stereocenters. The predicted octanol–water partition coefficient (Wildman–Crippen LogP) is 4.59. The molecule has 2 fully saturated rings. The smallest absolute Gasteiger partial charge is 0.0377 e. The summed E-state index contributed by atoms with van der Waals surface area (Å²) in [5.41, 5.74) is 1.65. The predicted molar refractivity (Wildman–Crippen MR) is 87.4 cm³/mol. The zero-order valence-electron chi connectivity index (χ0n) is 12.4. The Labute approximate surface area is 125 Å². The highest BCUT2D eigenvalue weighted by Gasteiger charge is 2.48. The summed E-state index contributed by atoms with van der Waals surface area (Å²) < 4.78 is 1.55. The topological polar surface area (TPSA) is 3.24 Å². The first-order chi connectivity index (χ1) is 9.74. The van der Waals surface area contributed by atoms with E-state index in [0.717, 1.165) is 23.7 Å². The Morgan fingerprint density at radius 2 is 2.00 bits per heavy atom. The molecule has 106 valence electrons. The van der Waals surface area contributed by atoms with E-state index in [1.807, 2.05) is 11.3 Å². The fourth-order valence-corrected chi connectivity index (χ4v) is 5.82. The quantitative estimate of drug-likeness (QED) is 0.797. The number of thiophene rings is 1. The molecule has 0 radical (unpaired) electrons. The second-order valence-corrected chi connectivity index (χ2v) is 7.89. The number of fused-ring (bicyclic) bond motifs is 3. The van der Waals surface area contributed by atoms with Gasteiger partial charge in [0.2, 0.25) is 0 Å². The second-order valence-electron chi connectivity index (χ2n) is 6.97. The first-order valence-electron chi connectivity index (χ1n) is 7.85. The summed E-state index contributed by atoms with van der Waals surface area (Å²) in [5.74, 6) is 3.59. The van der Waals surface area contributed by atoms with Crippen LogP contribution < -0.4 is 0 Å². The molecule has 1 aromatic carbocycles. The third kappa shape index (κ3) is 1.93. The van der Waals surface area contributed by atoms with Gasteiger partial charge in [0.15, 0.2) is 0 Å². The molecule has 2 bridgehead atoms. The second kappa shape index (κ2) is 4.85. The molecule has 0 aliphatic heterocycles. The zero-order chi connectivity index (χ0) is 13.7. The van der Waals surface area contributed by atoms with Gasteiger partial charge < -0.3 is 4.90 Å². The van der Waals surface area contributed by atoms with Crippen LogP contribution in [-0.4, -0.2) is 25.5 Å². The third-order valence-corrected chi connectivity index (χ3v) is 6.51. The summed E-state index contributed by atoms with van der Waals surface area (Å²) in [6.07, 6.45) is 4.41. The maximum atomic E-state index is 2.41. The van der Waals surface area contributed by atoms with Crippen molar-refractivity contribution in [1.29, 1.82) is 0 Å². The van der Waals surface area contributed by atoms with Crippen molar-refractivity contribution in [2.45, 2.75) is 25.2 Å². The summed E-state index contributed by atoms with van der Waals surface area (Å²) in [5, 5.41) is 3.70. The first-order valence-corrected chi connectivity index (χ1v) is 8.73. The number of benzene rings is 1. The van der Waals surface area contributed by atoms with Crippen LogP contribution in [0.25, 0.3) is 10.1 Å². The van der Waals surface area contributed by atoms with E-state index in [1.165, 1.54) is 31.2 Å². The normalized spacial score (nSPS) is 32.5. The highest BCUT2D eigenvalue weighted by molar-refractivity contribution is 7.17. The number of hydrogen-bond acceptors (Lipinski definition) is 2. The van der Waals surface area contributed by atoms with Gasteiger partial charge in [-0.05, 0) is 79.4 Å². The largest absolute Gasteiger partial charge is 0.309 e. The van der Waals surface area contributed by atoms with Gasteiger partial charge in [-0.25, -0.2) is 0 Å². The fourth-order valence-electron chi connectivity index (χ4n) is 4.86. The molecule has 2 heteroatoms. The van der Waals surface area contributed by atoms with E-state index < -0.39 is 0 Å². The van der Waals surface area contributed by atoms with Crippen molar-refractivity contribution >= 4 is 21.4 Å². The molecule has 2 aromatic rings. The summed E-state index contributed by atoms with van der Waals surface area (Å²) >= 11 is 1.94. The molecule has 4 rings (SSSR count). The minimum atomic E-state index is 0.804. The molecule has 1 nitrogen and oxygen atoms in total. The van der Waals surface area contributed by atoms with Crippen LogP contribution >= 0.6 is 11.3 Å². The van der Waals surface area contributed by atoms with Crippen LogP contribution in [0.3, 0.4) is 0 Å². The highest BCUT2D eigenvalue weighted by atomic mass is 32.1. The van der Waals surface area contributed by atoms with E-state index in [-0.39, 0.29) is 0 Å². The fraction of sp³-hybridized carbons (Fsp3) is 0.556. The summed E-state index contributed by atoms with van der Waals surface area (Å²) in [7, 11) is 4.46. The molecule has 20 heavy (non-hydrogen) atoms. The minimum absolute atomic E-state index is 0.804. The Morgan fingerprint density at radius 3 is 2.85 bits per heavy atom. The molecule has 2 aliphatic rings. The van der Waals surface area contributed by atoms with Crippen LogP contribution in [0.4, 0.5) is 0 Å². The van der Waals surface area contributed by atoms with Crippen LogP contribution in [0.15, 0.2) is 29.6 Å². The highest BCUT2D eigenvalue weighted by Crippen LogP contribution is 2.57. The summed E-state index contributed by atoms with van der Waals surface area (Å²) in [4.78, 5) is 2.40. The number of hydrogen-bond donors (Lipinski definition) is 0. The van der Waals surface area contributed by atoms with Gasteiger partial charge in [0.1, 0.15) is 0 Å². The van der Waals surface area contributed by atoms with E-state index in [0.29, 0.717) is 0 Å². The van der Waals surface area contributed by atoms with Gasteiger partial charge in [-0.3, -0.25) is 0 Å². The van der Waals surface area contributed by atoms with Crippen molar-refractivity contribution in [3.63, 3.8) is 0 Å². The lowest BCUT2D eigenvalue weighted by atomic mass is 9.75. The number of rotatable bonds is 3. The average molecular weight is 285 g/mol. The molecule has 2 saturated carbocycles. The van der Waals surface area contributed by atoms with Crippen LogP contribution in [0.2, 0.25) is 0 Å². The van der Waals surface area contributed by atoms with Crippen LogP contribution in [0.5, 0.6) is 0 Å². The molecule has 1 heterocycles. The van der Waals surface area contributed by atoms with E-state index in [4.69, 9.17) is 0 Å². The van der Waals surface area contributed by atoms with Crippen LogP contribution in [-0.2, 0) is 0 Å². The van der Waals surface area contributed by atoms with E-state index in [2.05, 4.69) is 48.6 Å². The Kier molecular flexibility index (Phi) is 3.12. The van der Waals surface area contributed by atoms with Gasteiger partial charge in [-0.2, -0.15) is 0 Å². The van der Waals surface area contributed by atoms with Gasteiger partial charge in [-0.15, -0.1) is 11.3 Å². The third-order valence-electron chi connectivity index (χ3n) is 5.53. The van der Waals surface area contributed by atoms with Crippen molar-refractivity contribution in [3.8, 4) is 0 Å². The summed E-state index contributed by atoms with van der Waals surface area (Å²) in [6, 6.07) is 9.22. The molecular formula is C18H23NS. The van der Waals surface area contributed by atoms with Gasteiger partial charge in [0.25, 0.3) is 0 Å². The SMILES string of the molecule is CN(C)CC1C2CCC(C2)C1c1cccc2ccsc12. The van der Waals surface area contributed by atoms with Crippen molar-refractivity contribution in [3.05, 3.63) is 35.2 Å². The van der Waals surface area contributed by atoms with Crippen molar-refractivity contribution in [1.82, 2.24) is 4.90 Å². The van der Waals surface area contributed by atoms with Crippen molar-refractivity contribution in [2.24, 2.45) is 17.8 Å². The molecule has 0 saturated heterocycles. The molecule has 2 aliphatic carbocycles. The molecule has 1 aromatic heterocycles. The van der Waals surface area contributed by atoms with Crippen molar-refractivity contribution in [2.75, 3.05) is 20.6 Å². The molecule has 0 spiro atoms. The van der Waals surface area contributed by atoms with Gasteiger partial charge in [-0.1, -0.05) is 18.2 Å².